The van der Waals surface area contributed by atoms with E-state index in [0.29, 0.717) is 6.61 Å². The highest BCUT2D eigenvalue weighted by molar-refractivity contribution is 5.71. The molecule has 1 heterocycles. The number of nitrogens with one attached hydrogen (secondary N) is 1. The normalized spacial score (nSPS) is 10.3. The average Bonchev–Trinajstić information content (AvgIpc) is 2.60. The summed E-state index contributed by atoms with van der Waals surface area (Å²) in [5, 5.41) is 7.08. The molecule has 5 heteroatoms. The molecule has 0 aliphatic heterocycles. The van der Waals surface area contributed by atoms with Crippen molar-refractivity contribution in [1.82, 2.24) is 15.1 Å². The minimum Gasteiger partial charge on any atom is -0.465 e. The van der Waals surface area contributed by atoms with Gasteiger partial charge >= 0.3 is 5.97 Å². The Kier molecular flexibility index (Phi) is 4.83. The van der Waals surface area contributed by atoms with Crippen LogP contribution in [-0.2, 0) is 23.0 Å². The molecule has 84 valence electrons. The topological polar surface area (TPSA) is 56.1 Å². The molecule has 15 heavy (non-hydrogen) atoms. The van der Waals surface area contributed by atoms with Gasteiger partial charge in [0.1, 0.15) is 0 Å². The Labute approximate surface area is 89.4 Å². The summed E-state index contributed by atoms with van der Waals surface area (Å²) in [7, 11) is 1.90. The Hall–Kier alpha value is -1.36. The lowest BCUT2D eigenvalue weighted by Crippen LogP contribution is -2.27. The zero-order valence-electron chi connectivity index (χ0n) is 9.19. The lowest BCUT2D eigenvalue weighted by Gasteiger charge is -2.04. The lowest BCUT2D eigenvalue weighted by atomic mass is 10.3. The molecule has 0 bridgehead atoms. The summed E-state index contributed by atoms with van der Waals surface area (Å²) >= 11 is 0. The lowest BCUT2D eigenvalue weighted by molar-refractivity contribution is -0.141. The van der Waals surface area contributed by atoms with Gasteiger partial charge < -0.3 is 10.1 Å². The van der Waals surface area contributed by atoms with Crippen LogP contribution in [0.4, 0.5) is 0 Å². The van der Waals surface area contributed by atoms with Crippen LogP contribution in [0.2, 0.25) is 0 Å². The van der Waals surface area contributed by atoms with Gasteiger partial charge in [-0.25, -0.2) is 0 Å². The molecule has 0 saturated heterocycles. The molecule has 0 saturated carbocycles. The van der Waals surface area contributed by atoms with E-state index in [9.17, 15) is 4.79 Å². The third-order valence-electron chi connectivity index (χ3n) is 2.06. The first-order valence-corrected chi connectivity index (χ1v) is 5.07. The van der Waals surface area contributed by atoms with Crippen LogP contribution in [0.15, 0.2) is 12.3 Å². The van der Waals surface area contributed by atoms with Crippen molar-refractivity contribution in [2.45, 2.75) is 13.3 Å². The Morgan fingerprint density at radius 2 is 2.47 bits per heavy atom. The monoisotopic (exact) mass is 211 g/mol. The maximum absolute atomic E-state index is 11.0. The molecule has 1 aromatic rings. The minimum atomic E-state index is -0.206. The van der Waals surface area contributed by atoms with Gasteiger partial charge in [0.25, 0.3) is 0 Å². The maximum atomic E-state index is 11.0. The van der Waals surface area contributed by atoms with E-state index in [1.165, 1.54) is 0 Å². The van der Waals surface area contributed by atoms with Crippen LogP contribution in [0.25, 0.3) is 0 Å². The van der Waals surface area contributed by atoms with Crippen LogP contribution in [0.5, 0.6) is 0 Å². The van der Waals surface area contributed by atoms with Crippen molar-refractivity contribution in [1.29, 1.82) is 0 Å². The van der Waals surface area contributed by atoms with Gasteiger partial charge in [-0.05, 0) is 13.0 Å². The summed E-state index contributed by atoms with van der Waals surface area (Å²) < 4.78 is 6.61. The number of ether oxygens (including phenoxy) is 1. The first-order valence-electron chi connectivity index (χ1n) is 5.07. The van der Waals surface area contributed by atoms with Gasteiger partial charge in [0.15, 0.2) is 0 Å². The van der Waals surface area contributed by atoms with Crippen molar-refractivity contribution in [3.8, 4) is 0 Å². The highest BCUT2D eigenvalue weighted by Gasteiger charge is 2.01. The fourth-order valence-corrected chi connectivity index (χ4v) is 1.27. The van der Waals surface area contributed by atoms with Crippen LogP contribution in [-0.4, -0.2) is 35.4 Å². The van der Waals surface area contributed by atoms with E-state index in [1.807, 2.05) is 17.8 Å². The zero-order valence-corrected chi connectivity index (χ0v) is 9.19. The quantitative estimate of drug-likeness (QED) is 0.536. The van der Waals surface area contributed by atoms with Crippen molar-refractivity contribution in [2.75, 3.05) is 19.7 Å². The predicted molar refractivity (Wildman–Crippen MR) is 56.4 cm³/mol. The Balaban J connectivity index is 2.12. The minimum absolute atomic E-state index is 0.206. The predicted octanol–water partition coefficient (Wildman–Crippen LogP) is 0.115. The summed E-state index contributed by atoms with van der Waals surface area (Å²) in [6.07, 6.45) is 2.62. The molecule has 0 amide bonds. The van der Waals surface area contributed by atoms with E-state index in [-0.39, 0.29) is 12.5 Å². The van der Waals surface area contributed by atoms with E-state index in [0.717, 1.165) is 18.7 Å². The van der Waals surface area contributed by atoms with E-state index in [1.54, 1.807) is 13.1 Å². The van der Waals surface area contributed by atoms with Crippen molar-refractivity contribution in [2.24, 2.45) is 7.05 Å². The average molecular weight is 211 g/mol. The molecule has 0 aliphatic rings. The van der Waals surface area contributed by atoms with Crippen molar-refractivity contribution in [3.05, 3.63) is 18.0 Å². The van der Waals surface area contributed by atoms with Crippen LogP contribution >= 0.6 is 0 Å². The van der Waals surface area contributed by atoms with Gasteiger partial charge in [0, 0.05) is 31.9 Å². The second-order valence-electron chi connectivity index (χ2n) is 3.18. The smallest absolute Gasteiger partial charge is 0.319 e. The molecule has 1 rings (SSSR count). The van der Waals surface area contributed by atoms with Gasteiger partial charge in [-0.2, -0.15) is 5.10 Å². The fourth-order valence-electron chi connectivity index (χ4n) is 1.27. The molecule has 1 N–H and O–H groups in total. The molecule has 0 unspecified atom stereocenters. The van der Waals surface area contributed by atoms with Crippen molar-refractivity contribution < 1.29 is 9.53 Å². The Morgan fingerprint density at radius 1 is 1.67 bits per heavy atom. The van der Waals surface area contributed by atoms with Crippen molar-refractivity contribution >= 4 is 5.97 Å². The van der Waals surface area contributed by atoms with E-state index >= 15 is 0 Å². The van der Waals surface area contributed by atoms with Gasteiger partial charge in [-0.15, -0.1) is 0 Å². The second-order valence-corrected chi connectivity index (χ2v) is 3.18. The molecule has 0 aromatic carbocycles. The number of carbonyl (C=O) groups is 1. The van der Waals surface area contributed by atoms with Crippen LogP contribution in [0.1, 0.15) is 12.6 Å². The highest BCUT2D eigenvalue weighted by atomic mass is 16.5. The molecule has 1 aromatic heterocycles. The third kappa shape index (κ3) is 4.12. The number of esters is 1. The highest BCUT2D eigenvalue weighted by Crippen LogP contribution is 1.95. The second kappa shape index (κ2) is 6.19. The molecular weight excluding hydrogens is 194 g/mol. The maximum Gasteiger partial charge on any atom is 0.319 e. The van der Waals surface area contributed by atoms with Crippen LogP contribution < -0.4 is 5.32 Å². The summed E-state index contributed by atoms with van der Waals surface area (Å²) in [6, 6.07) is 1.96. The summed E-state index contributed by atoms with van der Waals surface area (Å²) in [5.74, 6) is -0.206. The number of rotatable bonds is 6. The molecule has 0 spiro atoms. The molecule has 0 fully saturated rings. The molecular formula is C10H17N3O2. The number of aryl methyl sites for hydroxylation is 1. The number of hydrogen-bond acceptors (Lipinski definition) is 4. The van der Waals surface area contributed by atoms with Gasteiger partial charge in [-0.3, -0.25) is 9.48 Å². The summed E-state index contributed by atoms with van der Waals surface area (Å²) in [5.41, 5.74) is 1.14. The summed E-state index contributed by atoms with van der Waals surface area (Å²) in [4.78, 5) is 11.0. The number of aromatic nitrogens is 2. The number of carbonyl (C=O) groups excluding carboxylic acids is 1. The van der Waals surface area contributed by atoms with E-state index in [2.05, 4.69) is 10.4 Å². The van der Waals surface area contributed by atoms with E-state index < -0.39 is 0 Å². The molecule has 0 radical (unpaired) electrons. The van der Waals surface area contributed by atoms with Gasteiger partial charge in [0.2, 0.25) is 0 Å². The Morgan fingerprint density at radius 3 is 3.07 bits per heavy atom. The molecule has 5 nitrogen and oxygen atoms in total. The largest absolute Gasteiger partial charge is 0.465 e. The molecule has 0 atom stereocenters. The van der Waals surface area contributed by atoms with Crippen molar-refractivity contribution in [3.63, 3.8) is 0 Å². The first-order chi connectivity index (χ1) is 7.24. The number of hydrogen-bond donors (Lipinski definition) is 1. The van der Waals surface area contributed by atoms with Gasteiger partial charge in [-0.1, -0.05) is 0 Å². The third-order valence-corrected chi connectivity index (χ3v) is 2.06. The van der Waals surface area contributed by atoms with E-state index in [4.69, 9.17) is 4.74 Å². The standard InChI is InChI=1S/C10H17N3O2/c1-3-15-10(14)8-11-6-4-9-5-7-12-13(9)2/h5,7,11H,3-4,6,8H2,1-2H3. The first kappa shape index (κ1) is 11.7. The SMILES string of the molecule is CCOC(=O)CNCCc1ccnn1C. The van der Waals surface area contributed by atoms with Crippen LogP contribution in [0, 0.1) is 0 Å². The zero-order chi connectivity index (χ0) is 11.1. The van der Waals surface area contributed by atoms with Crippen LogP contribution in [0.3, 0.4) is 0 Å². The van der Waals surface area contributed by atoms with Gasteiger partial charge in [0.05, 0.1) is 13.2 Å². The number of nitrogens with zero attached hydrogens (tertiary/aromatic N) is 2. The summed E-state index contributed by atoms with van der Waals surface area (Å²) in [6.45, 7) is 3.25. The Bertz CT molecular complexity index is 309. The fraction of sp³-hybridized carbons (Fsp3) is 0.600. The molecule has 0 aliphatic carbocycles.